The van der Waals surface area contributed by atoms with Crippen LogP contribution in [-0.2, 0) is 38.5 Å². The predicted octanol–water partition coefficient (Wildman–Crippen LogP) is 2.96. The van der Waals surface area contributed by atoms with Crippen molar-refractivity contribution in [2.45, 2.75) is 70.8 Å². The number of fused-ring (bicyclic) bond motifs is 1. The van der Waals surface area contributed by atoms with Gasteiger partial charge in [-0.2, -0.15) is 0 Å². The lowest BCUT2D eigenvalue weighted by Gasteiger charge is -2.36. The first-order valence-corrected chi connectivity index (χ1v) is 11.4. The quantitative estimate of drug-likeness (QED) is 0.568. The minimum Gasteiger partial charge on any atom is -0.480 e. The summed E-state index contributed by atoms with van der Waals surface area (Å²) in [6, 6.07) is 15.0. The van der Waals surface area contributed by atoms with E-state index in [4.69, 9.17) is 4.74 Å². The molecule has 3 rings (SSSR count). The number of hydrogen-bond acceptors (Lipinski definition) is 5. The summed E-state index contributed by atoms with van der Waals surface area (Å²) in [5.74, 6) is -1.80. The van der Waals surface area contributed by atoms with Gasteiger partial charge >= 0.3 is 11.9 Å². The van der Waals surface area contributed by atoms with Crippen LogP contribution < -0.4 is 5.32 Å². The molecule has 176 valence electrons. The van der Waals surface area contributed by atoms with Crippen molar-refractivity contribution in [2.75, 3.05) is 0 Å². The van der Waals surface area contributed by atoms with E-state index >= 15 is 0 Å². The Hall–Kier alpha value is -3.19. The van der Waals surface area contributed by atoms with E-state index < -0.39 is 30.1 Å². The molecule has 0 aromatic heterocycles. The number of carbonyl (C=O) groups is 3. The molecule has 0 bridgehead atoms. The second kappa shape index (κ2) is 11.1. The number of carboxylic acids is 1. The molecule has 7 heteroatoms. The smallest absolute Gasteiger partial charge is 0.326 e. The molecule has 2 aromatic carbocycles. The number of rotatable bonds is 9. The number of amides is 1. The van der Waals surface area contributed by atoms with Crippen molar-refractivity contribution >= 4 is 17.8 Å². The lowest BCUT2D eigenvalue weighted by molar-refractivity contribution is -0.154. The number of esters is 1. The molecule has 1 amide bonds. The van der Waals surface area contributed by atoms with Gasteiger partial charge in [0.1, 0.15) is 12.1 Å². The van der Waals surface area contributed by atoms with Crippen LogP contribution >= 0.6 is 0 Å². The van der Waals surface area contributed by atoms with Crippen LogP contribution in [0.25, 0.3) is 0 Å². The van der Waals surface area contributed by atoms with Gasteiger partial charge in [-0.3, -0.25) is 14.9 Å². The number of nitrogens with zero attached hydrogens (tertiary/aromatic N) is 1. The Morgan fingerprint density at radius 3 is 2.30 bits per heavy atom. The number of nitrogens with one attached hydrogen (secondary N) is 1. The Labute approximate surface area is 194 Å². The number of aliphatic carboxylic acids is 1. The molecule has 0 saturated carbocycles. The van der Waals surface area contributed by atoms with Crippen molar-refractivity contribution < 1.29 is 24.2 Å². The van der Waals surface area contributed by atoms with Crippen molar-refractivity contribution in [1.82, 2.24) is 10.2 Å². The first kappa shape index (κ1) is 24.5. The van der Waals surface area contributed by atoms with E-state index in [9.17, 15) is 19.5 Å². The minimum atomic E-state index is -1.04. The molecule has 0 unspecified atom stereocenters. The first-order valence-electron chi connectivity index (χ1n) is 11.4. The maximum Gasteiger partial charge on any atom is 0.326 e. The second-order valence-electron chi connectivity index (χ2n) is 8.74. The van der Waals surface area contributed by atoms with E-state index in [-0.39, 0.29) is 25.0 Å². The fourth-order valence-electron chi connectivity index (χ4n) is 4.14. The zero-order chi connectivity index (χ0) is 24.0. The van der Waals surface area contributed by atoms with Crippen LogP contribution in [0.2, 0.25) is 0 Å². The fourth-order valence-corrected chi connectivity index (χ4v) is 4.14. The van der Waals surface area contributed by atoms with Crippen molar-refractivity contribution in [3.63, 3.8) is 0 Å². The molecule has 1 aliphatic heterocycles. The summed E-state index contributed by atoms with van der Waals surface area (Å²) in [6.45, 7) is 5.45. The molecule has 0 aliphatic carbocycles. The van der Waals surface area contributed by atoms with E-state index in [0.29, 0.717) is 12.8 Å². The molecule has 1 aliphatic rings. The maximum absolute atomic E-state index is 13.3. The lowest BCUT2D eigenvalue weighted by Crippen LogP contribution is -2.56. The van der Waals surface area contributed by atoms with E-state index in [1.165, 1.54) is 4.90 Å². The topological polar surface area (TPSA) is 95.9 Å². The SMILES string of the molecule is CC(C)OC(=O)[C@H](CCc1ccccc1)N[C@@H](C)C(=O)N1Cc2ccccc2C[C@H]1C(=O)O. The number of benzene rings is 2. The van der Waals surface area contributed by atoms with Crippen LogP contribution in [0, 0.1) is 0 Å². The summed E-state index contributed by atoms with van der Waals surface area (Å²) in [5.41, 5.74) is 2.96. The van der Waals surface area contributed by atoms with Crippen LogP contribution in [0.1, 0.15) is 43.9 Å². The van der Waals surface area contributed by atoms with Crippen molar-refractivity contribution in [3.05, 3.63) is 71.3 Å². The molecule has 2 aromatic rings. The average Bonchev–Trinajstić information content (AvgIpc) is 2.80. The number of carboxylic acid groups (broad SMARTS) is 1. The van der Waals surface area contributed by atoms with Gasteiger partial charge in [-0.05, 0) is 50.3 Å². The lowest BCUT2D eigenvalue weighted by atomic mass is 9.93. The van der Waals surface area contributed by atoms with Crippen LogP contribution in [0.5, 0.6) is 0 Å². The van der Waals surface area contributed by atoms with Gasteiger partial charge in [0.15, 0.2) is 0 Å². The van der Waals surface area contributed by atoms with Gasteiger partial charge in [0.05, 0.1) is 12.1 Å². The second-order valence-corrected chi connectivity index (χ2v) is 8.74. The average molecular weight is 453 g/mol. The zero-order valence-corrected chi connectivity index (χ0v) is 19.4. The van der Waals surface area contributed by atoms with Gasteiger partial charge in [-0.15, -0.1) is 0 Å². The number of carbonyl (C=O) groups excluding carboxylic acids is 2. The summed E-state index contributed by atoms with van der Waals surface area (Å²) in [6.07, 6.45) is 1.08. The van der Waals surface area contributed by atoms with E-state index in [1.807, 2.05) is 54.6 Å². The highest BCUT2D eigenvalue weighted by atomic mass is 16.5. The maximum atomic E-state index is 13.3. The highest BCUT2D eigenvalue weighted by Gasteiger charge is 2.37. The summed E-state index contributed by atoms with van der Waals surface area (Å²) in [7, 11) is 0. The fraction of sp³-hybridized carbons (Fsp3) is 0.423. The Morgan fingerprint density at radius 1 is 1.03 bits per heavy atom. The third kappa shape index (κ3) is 6.42. The van der Waals surface area contributed by atoms with Gasteiger partial charge in [-0.25, -0.2) is 4.79 Å². The molecular formula is C26H32N2O5. The van der Waals surface area contributed by atoms with E-state index in [1.54, 1.807) is 20.8 Å². The summed E-state index contributed by atoms with van der Waals surface area (Å²) >= 11 is 0. The predicted molar refractivity (Wildman–Crippen MR) is 124 cm³/mol. The van der Waals surface area contributed by atoms with Crippen LogP contribution in [0.3, 0.4) is 0 Å². The summed E-state index contributed by atoms with van der Waals surface area (Å²) in [5, 5.41) is 12.9. The Balaban J connectivity index is 1.73. The van der Waals surface area contributed by atoms with Crippen LogP contribution in [0.15, 0.2) is 54.6 Å². The molecule has 3 atom stereocenters. The van der Waals surface area contributed by atoms with Gasteiger partial charge in [0, 0.05) is 13.0 Å². The van der Waals surface area contributed by atoms with Crippen LogP contribution in [-0.4, -0.2) is 52.1 Å². The molecule has 1 heterocycles. The van der Waals surface area contributed by atoms with Gasteiger partial charge in [0.25, 0.3) is 0 Å². The molecular weight excluding hydrogens is 420 g/mol. The molecule has 0 saturated heterocycles. The van der Waals surface area contributed by atoms with Crippen molar-refractivity contribution in [3.8, 4) is 0 Å². The molecule has 2 N–H and O–H groups in total. The normalized spacial score (nSPS) is 17.2. The van der Waals surface area contributed by atoms with Gasteiger partial charge in [-0.1, -0.05) is 54.6 Å². The molecule has 33 heavy (non-hydrogen) atoms. The number of aryl methyl sites for hydroxylation is 1. The van der Waals surface area contributed by atoms with Gasteiger partial charge in [0.2, 0.25) is 5.91 Å². The van der Waals surface area contributed by atoms with Crippen LogP contribution in [0.4, 0.5) is 0 Å². The molecule has 0 fully saturated rings. The Kier molecular flexibility index (Phi) is 8.22. The minimum absolute atomic E-state index is 0.225. The molecule has 7 nitrogen and oxygen atoms in total. The van der Waals surface area contributed by atoms with Crippen molar-refractivity contribution in [2.24, 2.45) is 0 Å². The largest absolute Gasteiger partial charge is 0.480 e. The van der Waals surface area contributed by atoms with E-state index in [2.05, 4.69) is 5.32 Å². The first-order chi connectivity index (χ1) is 15.8. The van der Waals surface area contributed by atoms with E-state index in [0.717, 1.165) is 16.7 Å². The van der Waals surface area contributed by atoms with Gasteiger partial charge < -0.3 is 14.7 Å². The monoisotopic (exact) mass is 452 g/mol. The third-order valence-corrected chi connectivity index (χ3v) is 5.84. The zero-order valence-electron chi connectivity index (χ0n) is 19.4. The van der Waals surface area contributed by atoms with Crippen molar-refractivity contribution in [1.29, 1.82) is 0 Å². The Bertz CT molecular complexity index is 976. The molecule has 0 spiro atoms. The number of ether oxygens (including phenoxy) is 1. The third-order valence-electron chi connectivity index (χ3n) is 5.84. The standard InChI is InChI=1S/C26H32N2O5/c1-17(2)33-26(32)22(14-13-19-9-5-4-6-10-19)27-18(3)24(29)28-16-21-12-8-7-11-20(21)15-23(28)25(30)31/h4-12,17-18,22-23,27H,13-16H2,1-3H3,(H,30,31)/t18-,22-,23-/m0/s1. The summed E-state index contributed by atoms with van der Waals surface area (Å²) in [4.78, 5) is 39.4. The Morgan fingerprint density at radius 2 is 1.67 bits per heavy atom. The highest BCUT2D eigenvalue weighted by molar-refractivity contribution is 5.88. The summed E-state index contributed by atoms with van der Waals surface area (Å²) < 4.78 is 5.41. The number of hydrogen-bond donors (Lipinski definition) is 2. The highest BCUT2D eigenvalue weighted by Crippen LogP contribution is 2.24. The molecule has 0 radical (unpaired) electrons.